The topological polar surface area (TPSA) is 38.7 Å². The first-order valence-electron chi connectivity index (χ1n) is 15.0. The predicted octanol–water partition coefficient (Wildman–Crippen LogP) is 8.36. The van der Waals surface area contributed by atoms with E-state index < -0.39 is 17.3 Å². The average molecular weight is 577 g/mol. The highest BCUT2D eigenvalue weighted by Gasteiger charge is 2.42. The molecule has 0 saturated heterocycles. The van der Waals surface area contributed by atoms with Crippen molar-refractivity contribution in [2.45, 2.75) is 17.3 Å². The Balaban J connectivity index is 1.47. The maximum atomic E-state index is 10.9. The minimum atomic E-state index is -0.991. The molecule has 0 aliphatic carbocycles. The first kappa shape index (κ1) is 29.3. The predicted molar refractivity (Wildman–Crippen MR) is 176 cm³/mol. The first-order chi connectivity index (χ1) is 21.8. The Labute approximate surface area is 260 Å². The molecule has 0 aromatic heterocycles. The van der Waals surface area contributed by atoms with Crippen LogP contribution in [0.1, 0.15) is 33.4 Å². The molecule has 6 aromatic carbocycles. The summed E-state index contributed by atoms with van der Waals surface area (Å²) in [5.74, 6) is 0. The van der Waals surface area contributed by atoms with E-state index in [1.807, 2.05) is 109 Å². The number of hydrogen-bond acceptors (Lipinski definition) is 3. The lowest BCUT2D eigenvalue weighted by Crippen LogP contribution is -2.42. The van der Waals surface area contributed by atoms with Crippen molar-refractivity contribution in [1.29, 1.82) is 0 Å². The monoisotopic (exact) mass is 576 g/mol. The fourth-order valence-corrected chi connectivity index (χ4v) is 6.08. The van der Waals surface area contributed by atoms with Crippen LogP contribution in [0.2, 0.25) is 0 Å². The van der Waals surface area contributed by atoms with Crippen LogP contribution in [-0.2, 0) is 20.7 Å². The van der Waals surface area contributed by atoms with Crippen LogP contribution in [0.4, 0.5) is 0 Å². The zero-order valence-electron chi connectivity index (χ0n) is 24.6. The Morgan fingerprint density at radius 2 is 0.636 bits per heavy atom. The molecule has 0 fully saturated rings. The molecule has 1 atom stereocenters. The summed E-state index contributed by atoms with van der Waals surface area (Å²) in [6, 6.07) is 61.4. The molecule has 6 rings (SSSR count). The molecule has 0 aliphatic rings. The van der Waals surface area contributed by atoms with Crippen molar-refractivity contribution in [3.05, 3.63) is 215 Å². The standard InChI is InChI=1S/C41H36O3/c42-31-39(44-41(36-25-13-4-14-26-36,37-27-15-5-16-28-37)38-29-17-6-18-30-38)32-43-40(33-19-7-1-8-20-33,34-21-9-2-10-22-34)35-23-11-3-12-24-35/h1-30,39,42H,31-32H2. The maximum absolute atomic E-state index is 10.9. The van der Waals surface area contributed by atoms with Gasteiger partial charge in [0.2, 0.25) is 0 Å². The van der Waals surface area contributed by atoms with Gasteiger partial charge in [-0.1, -0.05) is 182 Å². The van der Waals surface area contributed by atoms with Crippen molar-refractivity contribution in [2.75, 3.05) is 13.2 Å². The van der Waals surface area contributed by atoms with Gasteiger partial charge in [-0.2, -0.15) is 0 Å². The van der Waals surface area contributed by atoms with Crippen molar-refractivity contribution in [1.82, 2.24) is 0 Å². The molecule has 44 heavy (non-hydrogen) atoms. The third kappa shape index (κ3) is 5.73. The Kier molecular flexibility index (Phi) is 9.09. The van der Waals surface area contributed by atoms with Gasteiger partial charge >= 0.3 is 0 Å². The molecule has 1 unspecified atom stereocenters. The largest absolute Gasteiger partial charge is 0.394 e. The van der Waals surface area contributed by atoms with Crippen LogP contribution in [0, 0.1) is 0 Å². The summed E-state index contributed by atoms with van der Waals surface area (Å²) in [5, 5.41) is 10.9. The van der Waals surface area contributed by atoms with Crippen LogP contribution in [0.5, 0.6) is 0 Å². The van der Waals surface area contributed by atoms with Gasteiger partial charge in [-0.15, -0.1) is 0 Å². The van der Waals surface area contributed by atoms with Gasteiger partial charge in [-0.3, -0.25) is 0 Å². The molecule has 0 radical (unpaired) electrons. The summed E-state index contributed by atoms with van der Waals surface area (Å²) >= 11 is 0. The van der Waals surface area contributed by atoms with Crippen LogP contribution in [0.15, 0.2) is 182 Å². The highest BCUT2D eigenvalue weighted by Crippen LogP contribution is 2.43. The number of rotatable bonds is 12. The average Bonchev–Trinajstić information content (AvgIpc) is 3.12. The van der Waals surface area contributed by atoms with Crippen LogP contribution in [0.3, 0.4) is 0 Å². The second-order valence-electron chi connectivity index (χ2n) is 10.8. The molecule has 0 bridgehead atoms. The molecule has 218 valence electrons. The Bertz CT molecular complexity index is 1500. The molecule has 0 aliphatic heterocycles. The molecule has 0 spiro atoms. The van der Waals surface area contributed by atoms with E-state index in [1.165, 1.54) is 0 Å². The normalized spacial score (nSPS) is 12.5. The number of ether oxygens (including phenoxy) is 2. The zero-order chi connectivity index (χ0) is 30.1. The smallest absolute Gasteiger partial charge is 0.144 e. The van der Waals surface area contributed by atoms with E-state index in [1.54, 1.807) is 0 Å². The van der Waals surface area contributed by atoms with Gasteiger partial charge in [0.05, 0.1) is 13.2 Å². The van der Waals surface area contributed by atoms with E-state index in [9.17, 15) is 5.11 Å². The van der Waals surface area contributed by atoms with Gasteiger partial charge in [-0.25, -0.2) is 0 Å². The van der Waals surface area contributed by atoms with E-state index >= 15 is 0 Å². The molecule has 3 nitrogen and oxygen atoms in total. The SMILES string of the molecule is OCC(COC(c1ccccc1)(c1ccccc1)c1ccccc1)OC(c1ccccc1)(c1ccccc1)c1ccccc1. The molecule has 6 aromatic rings. The Morgan fingerprint density at radius 1 is 0.386 bits per heavy atom. The molecular weight excluding hydrogens is 540 g/mol. The number of aliphatic hydroxyl groups excluding tert-OH is 1. The van der Waals surface area contributed by atoms with Gasteiger partial charge < -0.3 is 14.6 Å². The van der Waals surface area contributed by atoms with Crippen LogP contribution >= 0.6 is 0 Å². The molecule has 0 amide bonds. The van der Waals surface area contributed by atoms with E-state index in [4.69, 9.17) is 9.47 Å². The number of hydrogen-bond donors (Lipinski definition) is 1. The van der Waals surface area contributed by atoms with Gasteiger partial charge in [0, 0.05) is 0 Å². The second-order valence-corrected chi connectivity index (χ2v) is 10.8. The molecule has 3 heteroatoms. The zero-order valence-corrected chi connectivity index (χ0v) is 24.6. The van der Waals surface area contributed by atoms with E-state index in [-0.39, 0.29) is 13.2 Å². The summed E-state index contributed by atoms with van der Waals surface area (Å²) in [4.78, 5) is 0. The summed E-state index contributed by atoms with van der Waals surface area (Å²) in [7, 11) is 0. The number of aliphatic hydroxyl groups is 1. The number of benzene rings is 6. The van der Waals surface area contributed by atoms with Gasteiger partial charge in [0.1, 0.15) is 17.3 Å². The summed E-state index contributed by atoms with van der Waals surface area (Å²) < 4.78 is 14.3. The maximum Gasteiger partial charge on any atom is 0.144 e. The van der Waals surface area contributed by atoms with Gasteiger partial charge in [-0.05, 0) is 33.4 Å². The lowest BCUT2D eigenvalue weighted by Gasteiger charge is -2.41. The summed E-state index contributed by atoms with van der Waals surface area (Å²) in [6.45, 7) is -0.105. The molecular formula is C41H36O3. The Morgan fingerprint density at radius 3 is 0.886 bits per heavy atom. The third-order valence-electron chi connectivity index (χ3n) is 8.11. The minimum absolute atomic E-state index is 0.128. The van der Waals surface area contributed by atoms with Crippen LogP contribution in [-0.4, -0.2) is 24.4 Å². The summed E-state index contributed by atoms with van der Waals surface area (Å²) in [5.41, 5.74) is 3.97. The third-order valence-corrected chi connectivity index (χ3v) is 8.11. The van der Waals surface area contributed by atoms with E-state index in [2.05, 4.69) is 72.8 Å². The first-order valence-corrected chi connectivity index (χ1v) is 15.0. The summed E-state index contributed by atoms with van der Waals surface area (Å²) in [6.07, 6.45) is -0.675. The Hall–Kier alpha value is -4.80. The quantitative estimate of drug-likeness (QED) is 0.149. The molecule has 0 heterocycles. The van der Waals surface area contributed by atoms with Crippen molar-refractivity contribution in [3.63, 3.8) is 0 Å². The molecule has 1 N–H and O–H groups in total. The second kappa shape index (κ2) is 13.7. The van der Waals surface area contributed by atoms with Crippen molar-refractivity contribution in [2.24, 2.45) is 0 Å². The van der Waals surface area contributed by atoms with E-state index in [0.29, 0.717) is 0 Å². The van der Waals surface area contributed by atoms with Gasteiger partial charge in [0.25, 0.3) is 0 Å². The molecule has 0 saturated carbocycles. The van der Waals surface area contributed by atoms with Gasteiger partial charge in [0.15, 0.2) is 0 Å². The lowest BCUT2D eigenvalue weighted by atomic mass is 9.79. The van der Waals surface area contributed by atoms with Crippen molar-refractivity contribution in [3.8, 4) is 0 Å². The lowest BCUT2D eigenvalue weighted by molar-refractivity contribution is -0.123. The van der Waals surface area contributed by atoms with Crippen molar-refractivity contribution < 1.29 is 14.6 Å². The fraction of sp³-hybridized carbons (Fsp3) is 0.122. The van der Waals surface area contributed by atoms with Crippen LogP contribution in [0.25, 0.3) is 0 Å². The van der Waals surface area contributed by atoms with Crippen molar-refractivity contribution >= 4 is 0 Å². The minimum Gasteiger partial charge on any atom is -0.394 e. The van der Waals surface area contributed by atoms with E-state index in [0.717, 1.165) is 33.4 Å². The van der Waals surface area contributed by atoms with Crippen LogP contribution < -0.4 is 0 Å². The fourth-order valence-electron chi connectivity index (χ4n) is 6.08. The highest BCUT2D eigenvalue weighted by atomic mass is 16.6. The highest BCUT2D eigenvalue weighted by molar-refractivity contribution is 5.49.